The summed E-state index contributed by atoms with van der Waals surface area (Å²) in [7, 11) is 2.75. The van der Waals surface area contributed by atoms with Gasteiger partial charge in [-0.25, -0.2) is 4.39 Å². The van der Waals surface area contributed by atoms with Crippen molar-refractivity contribution in [3.63, 3.8) is 0 Å². The summed E-state index contributed by atoms with van der Waals surface area (Å²) in [5.74, 6) is -1.14. The lowest BCUT2D eigenvalue weighted by Crippen LogP contribution is -1.98. The molecule has 0 fully saturated rings. The van der Waals surface area contributed by atoms with Gasteiger partial charge in [0.05, 0.1) is 20.6 Å². The molecule has 0 saturated carbocycles. The fourth-order valence-corrected chi connectivity index (χ4v) is 3.53. The summed E-state index contributed by atoms with van der Waals surface area (Å²) in [6.07, 6.45) is 1.31. The molecule has 0 spiro atoms. The highest BCUT2D eigenvalue weighted by Gasteiger charge is 2.34. The smallest absolute Gasteiger partial charge is 0.200 e. The van der Waals surface area contributed by atoms with E-state index in [1.165, 1.54) is 38.5 Å². The Hall–Kier alpha value is -3.61. The van der Waals surface area contributed by atoms with Crippen LogP contribution in [0, 0.1) is 5.82 Å². The highest BCUT2D eigenvalue weighted by atomic mass is 19.1. The molecule has 0 saturated heterocycles. The van der Waals surface area contributed by atoms with Gasteiger partial charge in [-0.2, -0.15) is 0 Å². The van der Waals surface area contributed by atoms with E-state index in [0.717, 1.165) is 0 Å². The molecule has 0 atom stereocenters. The van der Waals surface area contributed by atoms with E-state index in [2.05, 4.69) is 4.98 Å². The molecule has 0 bridgehead atoms. The molecule has 4 rings (SSSR count). The molecular formula is C21H16FNO5. The number of hydrogen-bond acceptors (Lipinski definition) is 5. The third-order valence-corrected chi connectivity index (χ3v) is 4.81. The number of carbonyl (C=O) groups excluding carboxylic acids is 2. The number of Topliss-reactive ketones (excluding diaryl/α,β-unsaturated/α-hetero) is 2. The second-order valence-electron chi connectivity index (χ2n) is 6.39. The quantitative estimate of drug-likeness (QED) is 0.676. The van der Waals surface area contributed by atoms with Crippen LogP contribution in [0.3, 0.4) is 0 Å². The fraction of sp³-hybridized carbons (Fsp3) is 0.143. The number of nitrogens with one attached hydrogen (secondary N) is 1. The number of aromatic nitrogens is 1. The molecule has 142 valence electrons. The number of halogens is 1. The van der Waals surface area contributed by atoms with E-state index in [-0.39, 0.29) is 46.4 Å². The van der Waals surface area contributed by atoms with E-state index < -0.39 is 5.82 Å². The number of aromatic amines is 1. The molecular weight excluding hydrogens is 365 g/mol. The lowest BCUT2D eigenvalue weighted by atomic mass is 9.95. The number of H-pyrrole nitrogens is 1. The number of methoxy groups -OCH3 is 2. The number of allylic oxidation sites excluding steroid dienone is 2. The van der Waals surface area contributed by atoms with Crippen molar-refractivity contribution in [3.8, 4) is 17.2 Å². The van der Waals surface area contributed by atoms with Crippen molar-refractivity contribution in [3.05, 3.63) is 53.5 Å². The van der Waals surface area contributed by atoms with Gasteiger partial charge >= 0.3 is 0 Å². The van der Waals surface area contributed by atoms with Crippen LogP contribution in [-0.4, -0.2) is 35.9 Å². The summed E-state index contributed by atoms with van der Waals surface area (Å²) in [6, 6.07) is 7.15. The predicted octanol–water partition coefficient (Wildman–Crippen LogP) is 3.48. The number of aromatic hydroxyl groups is 1. The second kappa shape index (κ2) is 6.53. The zero-order chi connectivity index (χ0) is 20.0. The molecule has 0 radical (unpaired) electrons. The molecule has 2 N–H and O–H groups in total. The molecule has 1 heterocycles. The highest BCUT2D eigenvalue weighted by Crippen LogP contribution is 2.44. The SMILES string of the molecule is COc1cc(C2=C(c3c[nH]c4ccc(F)cc34)C(=O)CC2=O)cc(OC)c1O. The van der Waals surface area contributed by atoms with Crippen LogP contribution in [-0.2, 0) is 9.59 Å². The van der Waals surface area contributed by atoms with Gasteiger partial charge in [0.15, 0.2) is 23.1 Å². The van der Waals surface area contributed by atoms with Crippen molar-refractivity contribution >= 4 is 33.6 Å². The van der Waals surface area contributed by atoms with E-state index in [4.69, 9.17) is 9.47 Å². The molecule has 28 heavy (non-hydrogen) atoms. The van der Waals surface area contributed by atoms with E-state index in [1.807, 2.05) is 0 Å². The van der Waals surface area contributed by atoms with Crippen LogP contribution in [0.25, 0.3) is 22.0 Å². The van der Waals surface area contributed by atoms with Gasteiger partial charge in [-0.3, -0.25) is 9.59 Å². The van der Waals surface area contributed by atoms with Crippen LogP contribution < -0.4 is 9.47 Å². The van der Waals surface area contributed by atoms with Crippen LogP contribution in [0.4, 0.5) is 4.39 Å². The van der Waals surface area contributed by atoms with Gasteiger partial charge in [-0.15, -0.1) is 0 Å². The Kier molecular flexibility index (Phi) is 4.15. The van der Waals surface area contributed by atoms with Crippen molar-refractivity contribution < 1.29 is 28.6 Å². The van der Waals surface area contributed by atoms with Gasteiger partial charge < -0.3 is 19.6 Å². The summed E-state index contributed by atoms with van der Waals surface area (Å²) in [5.41, 5.74) is 1.87. The van der Waals surface area contributed by atoms with Gasteiger partial charge in [0.25, 0.3) is 0 Å². The third-order valence-electron chi connectivity index (χ3n) is 4.81. The number of ketones is 2. The maximum absolute atomic E-state index is 13.8. The minimum absolute atomic E-state index is 0.110. The third kappa shape index (κ3) is 2.63. The molecule has 1 aliphatic carbocycles. The summed E-state index contributed by atoms with van der Waals surface area (Å²) in [6.45, 7) is 0. The Morgan fingerprint density at radius 3 is 2.29 bits per heavy atom. The zero-order valence-corrected chi connectivity index (χ0v) is 15.1. The van der Waals surface area contributed by atoms with Gasteiger partial charge in [-0.1, -0.05) is 0 Å². The summed E-state index contributed by atoms with van der Waals surface area (Å²) < 4.78 is 24.1. The molecule has 6 nitrogen and oxygen atoms in total. The Bertz CT molecular complexity index is 1150. The van der Waals surface area contributed by atoms with E-state index in [9.17, 15) is 19.1 Å². The maximum Gasteiger partial charge on any atom is 0.200 e. The maximum atomic E-state index is 13.8. The second-order valence-corrected chi connectivity index (χ2v) is 6.39. The van der Waals surface area contributed by atoms with Gasteiger partial charge in [0.1, 0.15) is 5.82 Å². The molecule has 1 aliphatic rings. The number of benzene rings is 2. The zero-order valence-electron chi connectivity index (χ0n) is 15.1. The van der Waals surface area contributed by atoms with Crippen LogP contribution in [0.1, 0.15) is 17.5 Å². The van der Waals surface area contributed by atoms with Crippen LogP contribution in [0.5, 0.6) is 17.2 Å². The van der Waals surface area contributed by atoms with Crippen LogP contribution >= 0.6 is 0 Å². The fourth-order valence-electron chi connectivity index (χ4n) is 3.53. The monoisotopic (exact) mass is 381 g/mol. The Morgan fingerprint density at radius 1 is 1.00 bits per heavy atom. The number of fused-ring (bicyclic) bond motifs is 1. The topological polar surface area (TPSA) is 88.6 Å². The summed E-state index contributed by atoms with van der Waals surface area (Å²) in [5, 5.41) is 10.6. The van der Waals surface area contributed by atoms with Gasteiger partial charge in [0.2, 0.25) is 5.75 Å². The van der Waals surface area contributed by atoms with Crippen molar-refractivity contribution in [2.24, 2.45) is 0 Å². The van der Waals surface area contributed by atoms with E-state index in [1.54, 1.807) is 12.3 Å². The highest BCUT2D eigenvalue weighted by molar-refractivity contribution is 6.51. The number of phenolic OH excluding ortho intramolecular Hbond substituents is 1. The number of hydrogen-bond donors (Lipinski definition) is 2. The first kappa shape index (κ1) is 17.8. The van der Waals surface area contributed by atoms with Crippen LogP contribution in [0.2, 0.25) is 0 Å². The molecule has 0 unspecified atom stereocenters. The molecule has 7 heteroatoms. The standard InChI is InChI=1S/C21H16FNO5/c1-27-17-5-10(6-18(28-2)21(17)26)19-15(24)8-16(25)20(19)13-9-23-14-4-3-11(22)7-12(13)14/h3-7,9,23,26H,8H2,1-2H3. The van der Waals surface area contributed by atoms with E-state index in [0.29, 0.717) is 22.0 Å². The first-order valence-corrected chi connectivity index (χ1v) is 8.47. The Morgan fingerprint density at radius 2 is 1.64 bits per heavy atom. The van der Waals surface area contributed by atoms with Crippen molar-refractivity contribution in [1.29, 1.82) is 0 Å². The van der Waals surface area contributed by atoms with Gasteiger partial charge in [0, 0.05) is 33.8 Å². The Labute approximate surface area is 159 Å². The molecule has 3 aromatic rings. The first-order valence-electron chi connectivity index (χ1n) is 8.47. The van der Waals surface area contributed by atoms with E-state index >= 15 is 0 Å². The van der Waals surface area contributed by atoms with Crippen molar-refractivity contribution in [1.82, 2.24) is 4.98 Å². The lowest BCUT2D eigenvalue weighted by Gasteiger charge is -2.12. The molecule has 1 aromatic heterocycles. The average molecular weight is 381 g/mol. The minimum atomic E-state index is -0.444. The normalized spacial score (nSPS) is 14.2. The van der Waals surface area contributed by atoms with Crippen molar-refractivity contribution in [2.45, 2.75) is 6.42 Å². The summed E-state index contributed by atoms with van der Waals surface area (Å²) >= 11 is 0. The Balaban J connectivity index is 2.02. The number of ether oxygens (including phenoxy) is 2. The number of phenols is 1. The van der Waals surface area contributed by atoms with Crippen molar-refractivity contribution in [2.75, 3.05) is 14.2 Å². The summed E-state index contributed by atoms with van der Waals surface area (Å²) in [4.78, 5) is 28.3. The average Bonchev–Trinajstić information content (AvgIpc) is 3.21. The molecule has 0 amide bonds. The largest absolute Gasteiger partial charge is 0.502 e. The first-order chi connectivity index (χ1) is 13.4. The lowest BCUT2D eigenvalue weighted by molar-refractivity contribution is -0.119. The van der Waals surface area contributed by atoms with Gasteiger partial charge in [-0.05, 0) is 35.9 Å². The number of carbonyl (C=O) groups is 2. The molecule has 0 aliphatic heterocycles. The predicted molar refractivity (Wildman–Crippen MR) is 101 cm³/mol. The molecule has 2 aromatic carbocycles. The number of rotatable bonds is 4. The minimum Gasteiger partial charge on any atom is -0.502 e. The van der Waals surface area contributed by atoms with Crippen LogP contribution in [0.15, 0.2) is 36.5 Å².